The van der Waals surface area contributed by atoms with Crippen LogP contribution in [-0.4, -0.2) is 32.0 Å². The SMILES string of the molecule is CNC(c1cc(OC)c(OC)cc1C)C(C)(C)O. The van der Waals surface area contributed by atoms with E-state index in [2.05, 4.69) is 5.32 Å². The van der Waals surface area contributed by atoms with Crippen molar-refractivity contribution < 1.29 is 14.6 Å². The first-order chi connectivity index (χ1) is 8.35. The molecular weight excluding hydrogens is 230 g/mol. The number of aliphatic hydroxyl groups is 1. The molecule has 0 spiro atoms. The number of methoxy groups -OCH3 is 2. The Hall–Kier alpha value is -1.26. The zero-order valence-electron chi connectivity index (χ0n) is 12.0. The molecule has 18 heavy (non-hydrogen) atoms. The summed E-state index contributed by atoms with van der Waals surface area (Å²) in [6, 6.07) is 3.66. The minimum absolute atomic E-state index is 0.169. The van der Waals surface area contributed by atoms with Gasteiger partial charge in [0.2, 0.25) is 0 Å². The number of hydrogen-bond acceptors (Lipinski definition) is 4. The van der Waals surface area contributed by atoms with Gasteiger partial charge in [-0.15, -0.1) is 0 Å². The summed E-state index contributed by atoms with van der Waals surface area (Å²) in [5.74, 6) is 1.37. The van der Waals surface area contributed by atoms with E-state index in [1.54, 1.807) is 28.1 Å². The topological polar surface area (TPSA) is 50.7 Å². The lowest BCUT2D eigenvalue weighted by Crippen LogP contribution is -2.37. The van der Waals surface area contributed by atoms with Gasteiger partial charge in [0.15, 0.2) is 11.5 Å². The molecule has 0 heterocycles. The van der Waals surface area contributed by atoms with Crippen molar-refractivity contribution in [2.45, 2.75) is 32.4 Å². The van der Waals surface area contributed by atoms with Crippen LogP contribution < -0.4 is 14.8 Å². The van der Waals surface area contributed by atoms with Gasteiger partial charge in [0.05, 0.1) is 25.9 Å². The molecule has 0 saturated carbocycles. The average Bonchev–Trinajstić information content (AvgIpc) is 2.29. The van der Waals surface area contributed by atoms with Crippen LogP contribution in [0.3, 0.4) is 0 Å². The van der Waals surface area contributed by atoms with Crippen LogP contribution in [0.4, 0.5) is 0 Å². The highest BCUT2D eigenvalue weighted by Gasteiger charge is 2.29. The van der Waals surface area contributed by atoms with E-state index in [4.69, 9.17) is 9.47 Å². The van der Waals surface area contributed by atoms with E-state index in [0.29, 0.717) is 11.5 Å². The second kappa shape index (κ2) is 5.59. The summed E-state index contributed by atoms with van der Waals surface area (Å²) in [5, 5.41) is 13.4. The Morgan fingerprint density at radius 2 is 1.67 bits per heavy atom. The highest BCUT2D eigenvalue weighted by Crippen LogP contribution is 2.35. The summed E-state index contributed by atoms with van der Waals surface area (Å²) in [6.45, 7) is 5.56. The Kier molecular flexibility index (Phi) is 4.59. The van der Waals surface area contributed by atoms with Crippen molar-refractivity contribution in [2.75, 3.05) is 21.3 Å². The zero-order valence-corrected chi connectivity index (χ0v) is 12.0. The Morgan fingerprint density at radius 1 is 1.17 bits per heavy atom. The van der Waals surface area contributed by atoms with Gasteiger partial charge in [-0.3, -0.25) is 0 Å². The molecule has 0 aliphatic rings. The number of benzene rings is 1. The summed E-state index contributed by atoms with van der Waals surface area (Å²) in [7, 11) is 5.05. The monoisotopic (exact) mass is 253 g/mol. The minimum atomic E-state index is -0.862. The molecule has 1 atom stereocenters. The lowest BCUT2D eigenvalue weighted by atomic mass is 9.89. The smallest absolute Gasteiger partial charge is 0.161 e. The third-order valence-corrected chi connectivity index (χ3v) is 3.08. The summed E-state index contributed by atoms with van der Waals surface area (Å²) in [5.41, 5.74) is 1.19. The van der Waals surface area contributed by atoms with E-state index < -0.39 is 5.60 Å². The molecule has 0 radical (unpaired) electrons. The Balaban J connectivity index is 3.32. The van der Waals surface area contributed by atoms with Crippen LogP contribution in [0.2, 0.25) is 0 Å². The number of ether oxygens (including phenoxy) is 2. The molecule has 1 aromatic carbocycles. The third kappa shape index (κ3) is 2.94. The van der Waals surface area contributed by atoms with Crippen molar-refractivity contribution in [3.05, 3.63) is 23.3 Å². The van der Waals surface area contributed by atoms with Crippen molar-refractivity contribution in [2.24, 2.45) is 0 Å². The van der Waals surface area contributed by atoms with Gasteiger partial charge in [0, 0.05) is 0 Å². The van der Waals surface area contributed by atoms with Gasteiger partial charge in [-0.2, -0.15) is 0 Å². The fraction of sp³-hybridized carbons (Fsp3) is 0.571. The Labute approximate surface area is 109 Å². The predicted octanol–water partition coefficient (Wildman–Crippen LogP) is 2.04. The molecule has 0 aromatic heterocycles. The van der Waals surface area contributed by atoms with E-state index >= 15 is 0 Å². The number of hydrogen-bond donors (Lipinski definition) is 2. The Morgan fingerprint density at radius 3 is 2.06 bits per heavy atom. The molecule has 4 heteroatoms. The molecular formula is C14H23NO3. The standard InChI is InChI=1S/C14H23NO3/c1-9-7-11(17-5)12(18-6)8-10(9)13(15-4)14(2,3)16/h7-8,13,15-16H,1-6H3. The van der Waals surface area contributed by atoms with E-state index in [0.717, 1.165) is 11.1 Å². The van der Waals surface area contributed by atoms with Crippen LogP contribution >= 0.6 is 0 Å². The number of rotatable bonds is 5. The Bertz CT molecular complexity index is 410. The van der Waals surface area contributed by atoms with E-state index in [1.165, 1.54) is 0 Å². The minimum Gasteiger partial charge on any atom is -0.493 e. The van der Waals surface area contributed by atoms with Gasteiger partial charge < -0.3 is 19.9 Å². The van der Waals surface area contributed by atoms with Crippen LogP contribution in [-0.2, 0) is 0 Å². The van der Waals surface area contributed by atoms with Crippen molar-refractivity contribution >= 4 is 0 Å². The molecule has 0 fully saturated rings. The quantitative estimate of drug-likeness (QED) is 0.843. The third-order valence-electron chi connectivity index (χ3n) is 3.08. The molecule has 1 aromatic rings. The summed E-state index contributed by atoms with van der Waals surface area (Å²) in [6.07, 6.45) is 0. The number of likely N-dealkylation sites (N-methyl/N-ethyl adjacent to an activating group) is 1. The first-order valence-electron chi connectivity index (χ1n) is 5.97. The van der Waals surface area contributed by atoms with Crippen LogP contribution in [0.25, 0.3) is 0 Å². The maximum atomic E-state index is 10.2. The number of nitrogens with one attached hydrogen (secondary N) is 1. The van der Waals surface area contributed by atoms with Crippen LogP contribution in [0, 0.1) is 6.92 Å². The molecule has 0 aliphatic heterocycles. The van der Waals surface area contributed by atoms with Crippen molar-refractivity contribution in [3.63, 3.8) is 0 Å². The van der Waals surface area contributed by atoms with E-state index in [1.807, 2.05) is 26.1 Å². The molecule has 102 valence electrons. The highest BCUT2D eigenvalue weighted by molar-refractivity contribution is 5.48. The van der Waals surface area contributed by atoms with Crippen LogP contribution in [0.1, 0.15) is 31.0 Å². The lowest BCUT2D eigenvalue weighted by Gasteiger charge is -2.31. The molecule has 1 unspecified atom stereocenters. The predicted molar refractivity (Wildman–Crippen MR) is 72.4 cm³/mol. The fourth-order valence-corrected chi connectivity index (χ4v) is 2.20. The average molecular weight is 253 g/mol. The van der Waals surface area contributed by atoms with Gasteiger partial charge in [0.1, 0.15) is 0 Å². The van der Waals surface area contributed by atoms with Crippen molar-refractivity contribution in [1.29, 1.82) is 0 Å². The maximum absolute atomic E-state index is 10.2. The largest absolute Gasteiger partial charge is 0.493 e. The molecule has 1 rings (SSSR count). The first-order valence-corrected chi connectivity index (χ1v) is 5.97. The first kappa shape index (κ1) is 14.8. The van der Waals surface area contributed by atoms with Gasteiger partial charge in [-0.1, -0.05) is 0 Å². The summed E-state index contributed by atoms with van der Waals surface area (Å²) < 4.78 is 10.6. The molecule has 0 aliphatic carbocycles. The second-order valence-electron chi connectivity index (χ2n) is 4.94. The molecule has 2 N–H and O–H groups in total. The fourth-order valence-electron chi connectivity index (χ4n) is 2.20. The number of aryl methyl sites for hydroxylation is 1. The molecule has 0 bridgehead atoms. The van der Waals surface area contributed by atoms with Crippen LogP contribution in [0.5, 0.6) is 11.5 Å². The van der Waals surface area contributed by atoms with Crippen molar-refractivity contribution in [1.82, 2.24) is 5.32 Å². The van der Waals surface area contributed by atoms with Crippen LogP contribution in [0.15, 0.2) is 12.1 Å². The van der Waals surface area contributed by atoms with Gasteiger partial charge >= 0.3 is 0 Å². The van der Waals surface area contributed by atoms with Gasteiger partial charge in [-0.05, 0) is 51.1 Å². The van der Waals surface area contributed by atoms with Gasteiger partial charge in [0.25, 0.3) is 0 Å². The lowest BCUT2D eigenvalue weighted by molar-refractivity contribution is 0.0397. The maximum Gasteiger partial charge on any atom is 0.161 e. The summed E-state index contributed by atoms with van der Waals surface area (Å²) in [4.78, 5) is 0. The highest BCUT2D eigenvalue weighted by atomic mass is 16.5. The molecule has 0 amide bonds. The normalized spacial score (nSPS) is 13.3. The molecule has 4 nitrogen and oxygen atoms in total. The van der Waals surface area contributed by atoms with Gasteiger partial charge in [-0.25, -0.2) is 0 Å². The summed E-state index contributed by atoms with van der Waals surface area (Å²) >= 11 is 0. The molecule has 0 saturated heterocycles. The van der Waals surface area contributed by atoms with E-state index in [9.17, 15) is 5.11 Å². The zero-order chi connectivity index (χ0) is 13.9. The van der Waals surface area contributed by atoms with E-state index in [-0.39, 0.29) is 6.04 Å². The second-order valence-corrected chi connectivity index (χ2v) is 4.94. The van der Waals surface area contributed by atoms with Crippen molar-refractivity contribution in [3.8, 4) is 11.5 Å².